The highest BCUT2D eigenvalue weighted by atomic mass is 31.2. The van der Waals surface area contributed by atoms with Crippen LogP contribution in [0.3, 0.4) is 0 Å². The Labute approximate surface area is 607 Å². The first-order valence-corrected chi connectivity index (χ1v) is 42.1. The lowest BCUT2D eigenvalue weighted by molar-refractivity contribution is -0.161. The van der Waals surface area contributed by atoms with E-state index in [0.29, 0.717) is 25.7 Å². The molecule has 0 aromatic rings. The average molecular weight is 1450 g/mol. The molecule has 17 nitrogen and oxygen atoms in total. The van der Waals surface area contributed by atoms with E-state index < -0.39 is 97.5 Å². The molecule has 0 saturated heterocycles. The van der Waals surface area contributed by atoms with Crippen molar-refractivity contribution >= 4 is 39.5 Å². The van der Waals surface area contributed by atoms with E-state index in [-0.39, 0.29) is 25.7 Å². The smallest absolute Gasteiger partial charge is 0.462 e. The van der Waals surface area contributed by atoms with Crippen molar-refractivity contribution in [3.05, 3.63) is 109 Å². The maximum Gasteiger partial charge on any atom is 0.472 e. The van der Waals surface area contributed by atoms with Crippen molar-refractivity contribution in [2.75, 3.05) is 39.6 Å². The molecule has 576 valence electrons. The predicted octanol–water partition coefficient (Wildman–Crippen LogP) is 22.6. The lowest BCUT2D eigenvalue weighted by Gasteiger charge is -2.21. The molecule has 0 bridgehead atoms. The molecule has 19 heteroatoms. The Morgan fingerprint density at radius 3 is 0.890 bits per heavy atom. The van der Waals surface area contributed by atoms with E-state index in [4.69, 9.17) is 37.0 Å². The maximum absolute atomic E-state index is 13.1. The Morgan fingerprint density at radius 1 is 0.300 bits per heavy atom. The predicted molar refractivity (Wildman–Crippen MR) is 408 cm³/mol. The Kier molecular flexibility index (Phi) is 69.9. The van der Waals surface area contributed by atoms with Crippen LogP contribution in [0.5, 0.6) is 0 Å². The van der Waals surface area contributed by atoms with E-state index in [9.17, 15) is 43.2 Å². The number of allylic oxidation sites excluding steroid dienone is 17. The number of ether oxygens (including phenoxy) is 4. The van der Waals surface area contributed by atoms with Gasteiger partial charge in [0.15, 0.2) is 12.2 Å². The summed E-state index contributed by atoms with van der Waals surface area (Å²) in [6, 6.07) is 0. The van der Waals surface area contributed by atoms with Crippen molar-refractivity contribution in [1.82, 2.24) is 0 Å². The summed E-state index contributed by atoms with van der Waals surface area (Å²) in [5, 5.41) is 10.6. The Morgan fingerprint density at radius 2 is 0.560 bits per heavy atom. The largest absolute Gasteiger partial charge is 0.472 e. The van der Waals surface area contributed by atoms with E-state index >= 15 is 0 Å². The van der Waals surface area contributed by atoms with E-state index in [2.05, 4.69) is 113 Å². The summed E-state index contributed by atoms with van der Waals surface area (Å²) >= 11 is 0. The minimum absolute atomic E-state index is 0.0699. The zero-order valence-electron chi connectivity index (χ0n) is 62.8. The third-order valence-electron chi connectivity index (χ3n) is 16.3. The van der Waals surface area contributed by atoms with E-state index in [1.54, 1.807) is 6.08 Å². The molecule has 0 radical (unpaired) electrons. The van der Waals surface area contributed by atoms with Crippen molar-refractivity contribution in [2.45, 2.75) is 341 Å². The van der Waals surface area contributed by atoms with Crippen LogP contribution in [0, 0.1) is 0 Å². The zero-order chi connectivity index (χ0) is 73.2. The number of phosphoric acid groups is 2. The first kappa shape index (κ1) is 95.7. The molecule has 0 rings (SSSR count). The van der Waals surface area contributed by atoms with Crippen LogP contribution in [0.1, 0.15) is 323 Å². The summed E-state index contributed by atoms with van der Waals surface area (Å²) in [6.07, 6.45) is 78.2. The molecule has 0 aliphatic rings. The van der Waals surface area contributed by atoms with Crippen molar-refractivity contribution in [3.63, 3.8) is 0 Å². The standard InChI is InChI=1S/C81H140O17P2/c1-5-9-13-17-21-25-29-33-37-41-45-49-53-57-61-65-78(83)91-71-76(97-80(85)67-63-59-55-51-47-43-39-35-31-27-23-19-15-11-7-3)73-95-99(87,88)93-69-75(82)70-94-100(89,90)96-74-77(98-81(86)68-64-60-56-52-48-44-40-36-32-28-24-20-16-12-8-4)72-92-79(84)66-62-58-54-50-46-42-38-34-30-26-22-18-14-10-6-2/h9-10,13-14,21-22,25-26,33-34,37-38,45-46,49-50,57,61,75-77,82H,5-8,11-12,15-20,23-24,27-32,35-36,39-44,47-48,51-56,58-60,62-74H2,1-4H3,(H,87,88)(H,89,90)/b13-9-,14-10-,25-21-,26-22-,37-33-,38-34-,49-45-,50-46-,61-57-. The molecule has 0 amide bonds. The van der Waals surface area contributed by atoms with Crippen LogP contribution in [0.2, 0.25) is 0 Å². The SMILES string of the molecule is CC/C=C\C/C=C\C/C=C\C/C=C\C/C=C\CC(=O)OCC(COP(=O)(O)OCC(O)COP(=O)(O)OCC(COC(=O)CCCC/C=C\C/C=C\C/C=C\C/C=C\CC)OC(=O)CCCCCCCCCCCCCCCCC)OC(=O)CCCCCCCCCCCCCCCCC. The van der Waals surface area contributed by atoms with Gasteiger partial charge in [-0.15, -0.1) is 0 Å². The van der Waals surface area contributed by atoms with E-state index in [1.165, 1.54) is 128 Å². The lowest BCUT2D eigenvalue weighted by Crippen LogP contribution is -2.30. The van der Waals surface area contributed by atoms with Crippen molar-refractivity contribution in [2.24, 2.45) is 0 Å². The molecule has 0 aromatic carbocycles. The molecular weight excluding hydrogens is 1310 g/mol. The van der Waals surface area contributed by atoms with E-state index in [1.807, 2.05) is 18.2 Å². The van der Waals surface area contributed by atoms with Crippen molar-refractivity contribution in [3.8, 4) is 0 Å². The summed E-state index contributed by atoms with van der Waals surface area (Å²) in [5.74, 6) is -2.35. The van der Waals surface area contributed by atoms with Crippen LogP contribution in [0.25, 0.3) is 0 Å². The fourth-order valence-corrected chi connectivity index (χ4v) is 12.0. The average Bonchev–Trinajstić information content (AvgIpc) is 1.01. The fourth-order valence-electron chi connectivity index (χ4n) is 10.4. The summed E-state index contributed by atoms with van der Waals surface area (Å²) in [4.78, 5) is 72.8. The number of carbonyl (C=O) groups excluding carboxylic acids is 4. The molecule has 0 aromatic heterocycles. The summed E-state index contributed by atoms with van der Waals surface area (Å²) < 4.78 is 68.4. The van der Waals surface area contributed by atoms with Gasteiger partial charge in [0.05, 0.1) is 32.8 Å². The molecule has 0 aliphatic carbocycles. The van der Waals surface area contributed by atoms with Crippen LogP contribution >= 0.6 is 15.6 Å². The lowest BCUT2D eigenvalue weighted by atomic mass is 10.0. The molecule has 5 unspecified atom stereocenters. The molecule has 0 heterocycles. The van der Waals surface area contributed by atoms with E-state index in [0.717, 1.165) is 116 Å². The highest BCUT2D eigenvalue weighted by Gasteiger charge is 2.30. The Hall–Kier alpha value is -4.28. The molecule has 0 aliphatic heterocycles. The number of unbranched alkanes of at least 4 members (excludes halogenated alkanes) is 30. The van der Waals surface area contributed by atoms with Gasteiger partial charge in [-0.05, 0) is 89.9 Å². The first-order chi connectivity index (χ1) is 48.7. The number of aliphatic hydroxyl groups excluding tert-OH is 1. The van der Waals surface area contributed by atoms with Crippen molar-refractivity contribution in [1.29, 1.82) is 0 Å². The third-order valence-corrected chi connectivity index (χ3v) is 18.2. The second kappa shape index (κ2) is 73.0. The highest BCUT2D eigenvalue weighted by molar-refractivity contribution is 7.47. The number of phosphoric ester groups is 2. The molecule has 0 fully saturated rings. The van der Waals surface area contributed by atoms with Crippen LogP contribution in [-0.2, 0) is 65.4 Å². The molecule has 0 spiro atoms. The molecule has 0 saturated carbocycles. The van der Waals surface area contributed by atoms with Crippen LogP contribution in [-0.4, -0.2) is 96.7 Å². The molecular formula is C81H140O17P2. The quantitative estimate of drug-likeness (QED) is 0.0169. The van der Waals surface area contributed by atoms with Gasteiger partial charge in [-0.1, -0.05) is 317 Å². The van der Waals surface area contributed by atoms with Gasteiger partial charge >= 0.3 is 39.5 Å². The molecule has 3 N–H and O–H groups in total. The normalized spacial score (nSPS) is 14.5. The highest BCUT2D eigenvalue weighted by Crippen LogP contribution is 2.45. The molecule has 100 heavy (non-hydrogen) atoms. The number of carbonyl (C=O) groups is 4. The fraction of sp³-hybridized carbons (Fsp3) is 0.728. The van der Waals surface area contributed by atoms with Gasteiger partial charge in [-0.25, -0.2) is 9.13 Å². The number of esters is 4. The maximum atomic E-state index is 13.1. The Balaban J connectivity index is 5.43. The topological polar surface area (TPSA) is 237 Å². The second-order valence-corrected chi connectivity index (χ2v) is 28.8. The van der Waals surface area contributed by atoms with Gasteiger partial charge in [0.1, 0.15) is 19.3 Å². The van der Waals surface area contributed by atoms with Crippen molar-refractivity contribution < 1.29 is 80.2 Å². The van der Waals surface area contributed by atoms with Gasteiger partial charge in [0.25, 0.3) is 0 Å². The monoisotopic (exact) mass is 1450 g/mol. The first-order valence-electron chi connectivity index (χ1n) is 39.1. The number of hydrogen-bond donors (Lipinski definition) is 3. The second-order valence-electron chi connectivity index (χ2n) is 25.9. The summed E-state index contributed by atoms with van der Waals surface area (Å²) in [7, 11) is -9.98. The summed E-state index contributed by atoms with van der Waals surface area (Å²) in [6.45, 7) is 4.52. The van der Waals surface area contributed by atoms with Crippen LogP contribution in [0.15, 0.2) is 109 Å². The van der Waals surface area contributed by atoms with Gasteiger partial charge in [-0.2, -0.15) is 0 Å². The third kappa shape index (κ3) is 72.1. The van der Waals surface area contributed by atoms with Crippen LogP contribution in [0.4, 0.5) is 0 Å². The minimum atomic E-state index is -4.99. The Bertz CT molecular complexity index is 2320. The van der Waals surface area contributed by atoms with Gasteiger partial charge in [-0.3, -0.25) is 37.3 Å². The zero-order valence-corrected chi connectivity index (χ0v) is 64.6. The van der Waals surface area contributed by atoms with Gasteiger partial charge in [0, 0.05) is 19.3 Å². The van der Waals surface area contributed by atoms with Gasteiger partial charge in [0.2, 0.25) is 0 Å². The van der Waals surface area contributed by atoms with Crippen LogP contribution < -0.4 is 0 Å². The minimum Gasteiger partial charge on any atom is -0.462 e. The number of rotatable bonds is 73. The molecule has 5 atom stereocenters. The number of aliphatic hydroxyl groups is 1. The number of hydrogen-bond acceptors (Lipinski definition) is 15. The summed E-state index contributed by atoms with van der Waals surface area (Å²) in [5.41, 5.74) is 0. The van der Waals surface area contributed by atoms with Gasteiger partial charge < -0.3 is 33.8 Å².